The van der Waals surface area contributed by atoms with E-state index >= 15 is 0 Å². The zero-order chi connectivity index (χ0) is 11.1. The molecule has 0 aliphatic heterocycles. The quantitative estimate of drug-likeness (QED) is 0.724. The van der Waals surface area contributed by atoms with E-state index in [0.29, 0.717) is 12.5 Å². The molecular formula is C12H18N2O. The van der Waals surface area contributed by atoms with Crippen LogP contribution in [0.3, 0.4) is 0 Å². The molecule has 15 heavy (non-hydrogen) atoms. The van der Waals surface area contributed by atoms with Gasteiger partial charge in [-0.2, -0.15) is 0 Å². The van der Waals surface area contributed by atoms with Gasteiger partial charge in [-0.15, -0.1) is 6.58 Å². The zero-order valence-corrected chi connectivity index (χ0v) is 9.42. The topological polar surface area (TPSA) is 34.1 Å². The molecule has 0 spiro atoms. The Bertz CT molecular complexity index is 306. The lowest BCUT2D eigenvalue weighted by molar-refractivity contribution is 0.309. The molecule has 1 N–H and O–H groups in total. The number of hydrogen-bond acceptors (Lipinski definition) is 3. The van der Waals surface area contributed by atoms with Gasteiger partial charge in [0.15, 0.2) is 0 Å². The standard InChI is InChI=1S/C12H18N2O/c1-10(2)6-7-15-12-5-4-11(8-13-3)9-14-12/h4-5,9,13H,1,6-8H2,2-3H3. The molecule has 0 bridgehead atoms. The van der Waals surface area contributed by atoms with Crippen LogP contribution in [0.15, 0.2) is 30.5 Å². The van der Waals surface area contributed by atoms with E-state index in [2.05, 4.69) is 16.9 Å². The first-order valence-electron chi connectivity index (χ1n) is 5.09. The molecule has 1 heterocycles. The molecule has 1 aromatic rings. The number of aromatic nitrogens is 1. The Morgan fingerprint density at radius 1 is 1.53 bits per heavy atom. The van der Waals surface area contributed by atoms with Crippen LogP contribution in [0, 0.1) is 0 Å². The molecule has 0 amide bonds. The predicted octanol–water partition coefficient (Wildman–Crippen LogP) is 2.15. The summed E-state index contributed by atoms with van der Waals surface area (Å²) in [5.74, 6) is 0.677. The summed E-state index contributed by atoms with van der Waals surface area (Å²) in [5, 5.41) is 3.07. The van der Waals surface area contributed by atoms with Gasteiger partial charge < -0.3 is 10.1 Å². The van der Waals surface area contributed by atoms with Gasteiger partial charge in [-0.1, -0.05) is 11.6 Å². The van der Waals surface area contributed by atoms with Crippen molar-refractivity contribution in [3.63, 3.8) is 0 Å². The van der Waals surface area contributed by atoms with Gasteiger partial charge in [0.2, 0.25) is 5.88 Å². The Labute approximate surface area is 91.2 Å². The van der Waals surface area contributed by atoms with Crippen molar-refractivity contribution < 1.29 is 4.74 Å². The maximum absolute atomic E-state index is 5.46. The average Bonchev–Trinajstić information content (AvgIpc) is 2.20. The summed E-state index contributed by atoms with van der Waals surface area (Å²) in [5.41, 5.74) is 2.28. The third-order valence-electron chi connectivity index (χ3n) is 1.96. The van der Waals surface area contributed by atoms with Crippen molar-refractivity contribution in [2.45, 2.75) is 19.9 Å². The molecule has 0 aromatic carbocycles. The fourth-order valence-corrected chi connectivity index (χ4v) is 1.13. The van der Waals surface area contributed by atoms with Crippen LogP contribution in [-0.4, -0.2) is 18.6 Å². The Balaban J connectivity index is 2.39. The highest BCUT2D eigenvalue weighted by atomic mass is 16.5. The molecule has 0 aliphatic carbocycles. The van der Waals surface area contributed by atoms with Crippen LogP contribution < -0.4 is 10.1 Å². The molecule has 0 radical (unpaired) electrons. The van der Waals surface area contributed by atoms with Gasteiger partial charge in [0.05, 0.1) is 6.61 Å². The Kier molecular flexibility index (Phi) is 4.84. The van der Waals surface area contributed by atoms with Gasteiger partial charge >= 0.3 is 0 Å². The van der Waals surface area contributed by atoms with Crippen LogP contribution in [0.4, 0.5) is 0 Å². The Morgan fingerprint density at radius 2 is 2.33 bits per heavy atom. The molecule has 0 aliphatic rings. The van der Waals surface area contributed by atoms with Gasteiger partial charge in [-0.05, 0) is 19.5 Å². The van der Waals surface area contributed by atoms with E-state index in [9.17, 15) is 0 Å². The van der Waals surface area contributed by atoms with Gasteiger partial charge in [-0.25, -0.2) is 4.98 Å². The molecule has 0 saturated carbocycles. The number of ether oxygens (including phenoxy) is 1. The van der Waals surface area contributed by atoms with E-state index < -0.39 is 0 Å². The van der Waals surface area contributed by atoms with Crippen molar-refractivity contribution in [2.75, 3.05) is 13.7 Å². The number of nitrogens with zero attached hydrogens (tertiary/aromatic N) is 1. The monoisotopic (exact) mass is 206 g/mol. The fourth-order valence-electron chi connectivity index (χ4n) is 1.13. The minimum Gasteiger partial charge on any atom is -0.477 e. The van der Waals surface area contributed by atoms with E-state index in [4.69, 9.17) is 4.74 Å². The third kappa shape index (κ3) is 4.61. The summed E-state index contributed by atoms with van der Waals surface area (Å²) < 4.78 is 5.46. The van der Waals surface area contributed by atoms with E-state index in [0.717, 1.165) is 24.1 Å². The van der Waals surface area contributed by atoms with Gasteiger partial charge in [-0.3, -0.25) is 0 Å². The highest BCUT2D eigenvalue weighted by Crippen LogP contribution is 2.08. The lowest BCUT2D eigenvalue weighted by Crippen LogP contribution is -2.05. The van der Waals surface area contributed by atoms with Crippen LogP contribution in [0.5, 0.6) is 5.88 Å². The number of hydrogen-bond donors (Lipinski definition) is 1. The molecule has 0 fully saturated rings. The number of nitrogens with one attached hydrogen (secondary N) is 1. The van der Waals surface area contributed by atoms with Crippen LogP contribution >= 0.6 is 0 Å². The molecule has 1 rings (SSSR count). The zero-order valence-electron chi connectivity index (χ0n) is 9.42. The molecule has 1 aromatic heterocycles. The van der Waals surface area contributed by atoms with Crippen LogP contribution in [0.2, 0.25) is 0 Å². The van der Waals surface area contributed by atoms with E-state index in [1.807, 2.05) is 32.3 Å². The van der Waals surface area contributed by atoms with Crippen molar-refractivity contribution in [1.29, 1.82) is 0 Å². The maximum atomic E-state index is 5.46. The third-order valence-corrected chi connectivity index (χ3v) is 1.96. The van der Waals surface area contributed by atoms with Crippen molar-refractivity contribution >= 4 is 0 Å². The SMILES string of the molecule is C=C(C)CCOc1ccc(CNC)cn1. The first-order chi connectivity index (χ1) is 7.22. The average molecular weight is 206 g/mol. The fraction of sp³-hybridized carbons (Fsp3) is 0.417. The van der Waals surface area contributed by atoms with Gasteiger partial charge in [0, 0.05) is 25.2 Å². The van der Waals surface area contributed by atoms with Crippen molar-refractivity contribution in [2.24, 2.45) is 0 Å². The Morgan fingerprint density at radius 3 is 2.87 bits per heavy atom. The van der Waals surface area contributed by atoms with Gasteiger partial charge in [0.1, 0.15) is 0 Å². The number of rotatable bonds is 6. The van der Waals surface area contributed by atoms with E-state index in [1.165, 1.54) is 0 Å². The van der Waals surface area contributed by atoms with Crippen LogP contribution in [-0.2, 0) is 6.54 Å². The van der Waals surface area contributed by atoms with Gasteiger partial charge in [0.25, 0.3) is 0 Å². The van der Waals surface area contributed by atoms with Crippen LogP contribution in [0.25, 0.3) is 0 Å². The first kappa shape index (κ1) is 11.7. The minimum absolute atomic E-state index is 0.647. The maximum Gasteiger partial charge on any atom is 0.213 e. The molecule has 82 valence electrons. The van der Waals surface area contributed by atoms with Crippen molar-refractivity contribution in [3.05, 3.63) is 36.0 Å². The summed E-state index contributed by atoms with van der Waals surface area (Å²) in [6.07, 6.45) is 2.70. The van der Waals surface area contributed by atoms with Crippen molar-refractivity contribution in [3.8, 4) is 5.88 Å². The summed E-state index contributed by atoms with van der Waals surface area (Å²) >= 11 is 0. The largest absolute Gasteiger partial charge is 0.477 e. The normalized spacial score (nSPS) is 10.0. The van der Waals surface area contributed by atoms with Crippen LogP contribution in [0.1, 0.15) is 18.9 Å². The molecule has 0 unspecified atom stereocenters. The predicted molar refractivity (Wildman–Crippen MR) is 61.9 cm³/mol. The molecule has 0 atom stereocenters. The van der Waals surface area contributed by atoms with E-state index in [1.54, 1.807) is 0 Å². The number of pyridine rings is 1. The highest BCUT2D eigenvalue weighted by molar-refractivity contribution is 5.17. The second kappa shape index (κ2) is 6.19. The minimum atomic E-state index is 0.647. The molecule has 0 saturated heterocycles. The summed E-state index contributed by atoms with van der Waals surface area (Å²) in [4.78, 5) is 4.20. The lowest BCUT2D eigenvalue weighted by atomic mass is 10.2. The summed E-state index contributed by atoms with van der Waals surface area (Å²) in [6, 6.07) is 3.91. The second-order valence-corrected chi connectivity index (χ2v) is 3.59. The smallest absolute Gasteiger partial charge is 0.213 e. The Hall–Kier alpha value is -1.35. The first-order valence-corrected chi connectivity index (χ1v) is 5.09. The molecule has 3 heteroatoms. The van der Waals surface area contributed by atoms with E-state index in [-0.39, 0.29) is 0 Å². The lowest BCUT2D eigenvalue weighted by Gasteiger charge is -2.05. The summed E-state index contributed by atoms with van der Waals surface area (Å²) in [6.45, 7) is 7.29. The second-order valence-electron chi connectivity index (χ2n) is 3.59. The summed E-state index contributed by atoms with van der Waals surface area (Å²) in [7, 11) is 1.91. The molecular weight excluding hydrogens is 188 g/mol. The highest BCUT2D eigenvalue weighted by Gasteiger charge is 1.96. The molecule has 3 nitrogen and oxygen atoms in total. The van der Waals surface area contributed by atoms with Crippen molar-refractivity contribution in [1.82, 2.24) is 10.3 Å².